The number of aromatic nitrogens is 3. The van der Waals surface area contributed by atoms with Crippen molar-refractivity contribution in [3.63, 3.8) is 0 Å². The van der Waals surface area contributed by atoms with Gasteiger partial charge in [0, 0.05) is 18.8 Å². The molecule has 2 atom stereocenters. The molecular formula is C18H26N6O. The molecule has 2 aromatic rings. The molecule has 1 fully saturated rings. The Morgan fingerprint density at radius 3 is 2.60 bits per heavy atom. The summed E-state index contributed by atoms with van der Waals surface area (Å²) in [6, 6.07) is 8.12. The second-order valence-electron chi connectivity index (χ2n) is 6.52. The number of hydrogen-bond donors (Lipinski definition) is 2. The SMILES string of the molecule is CCc1ccccc1Nc1nc(N)nc(CN2CC(C)OC(C)C2)n1. The van der Waals surface area contributed by atoms with E-state index in [-0.39, 0.29) is 18.2 Å². The van der Waals surface area contributed by atoms with Gasteiger partial charge in [0.25, 0.3) is 0 Å². The van der Waals surface area contributed by atoms with Gasteiger partial charge in [0.05, 0.1) is 18.8 Å². The fourth-order valence-electron chi connectivity index (χ4n) is 3.25. The summed E-state index contributed by atoms with van der Waals surface area (Å²) < 4.78 is 5.77. The molecule has 1 saturated heterocycles. The maximum absolute atomic E-state index is 5.90. The summed E-state index contributed by atoms with van der Waals surface area (Å²) in [5, 5.41) is 3.27. The second-order valence-corrected chi connectivity index (χ2v) is 6.52. The van der Waals surface area contributed by atoms with Crippen molar-refractivity contribution in [1.82, 2.24) is 19.9 Å². The van der Waals surface area contributed by atoms with Gasteiger partial charge in [-0.2, -0.15) is 15.0 Å². The molecule has 0 radical (unpaired) electrons. The number of morpholine rings is 1. The third-order valence-corrected chi connectivity index (χ3v) is 4.20. The fraction of sp³-hybridized carbons (Fsp3) is 0.500. The number of nitrogens with two attached hydrogens (primary N) is 1. The first-order valence-corrected chi connectivity index (χ1v) is 8.76. The molecule has 0 aliphatic carbocycles. The molecule has 1 aliphatic rings. The summed E-state index contributed by atoms with van der Waals surface area (Å²) in [7, 11) is 0. The molecule has 25 heavy (non-hydrogen) atoms. The van der Waals surface area contributed by atoms with Crippen LogP contribution in [0.25, 0.3) is 0 Å². The first-order valence-electron chi connectivity index (χ1n) is 8.76. The smallest absolute Gasteiger partial charge is 0.232 e. The van der Waals surface area contributed by atoms with E-state index >= 15 is 0 Å². The molecule has 7 nitrogen and oxygen atoms in total. The standard InChI is InChI=1S/C18H26N6O/c1-4-14-7-5-6-8-15(14)20-18-22-16(21-17(19)23-18)11-24-9-12(2)25-13(3)10-24/h5-8,12-13H,4,9-11H2,1-3H3,(H3,19,20,21,22,23). The highest BCUT2D eigenvalue weighted by Gasteiger charge is 2.23. The lowest BCUT2D eigenvalue weighted by molar-refractivity contribution is -0.0710. The predicted octanol–water partition coefficient (Wildman–Crippen LogP) is 2.37. The highest BCUT2D eigenvalue weighted by atomic mass is 16.5. The van der Waals surface area contributed by atoms with Crippen molar-refractivity contribution in [2.75, 3.05) is 24.1 Å². The Bertz CT molecular complexity index is 712. The first-order chi connectivity index (χ1) is 12.0. The summed E-state index contributed by atoms with van der Waals surface area (Å²) in [6.07, 6.45) is 1.34. The number of benzene rings is 1. The lowest BCUT2D eigenvalue weighted by Gasteiger charge is -2.34. The number of para-hydroxylation sites is 1. The topological polar surface area (TPSA) is 89.2 Å². The van der Waals surface area contributed by atoms with Crippen molar-refractivity contribution in [3.05, 3.63) is 35.7 Å². The van der Waals surface area contributed by atoms with Crippen molar-refractivity contribution in [2.24, 2.45) is 0 Å². The lowest BCUT2D eigenvalue weighted by atomic mass is 10.1. The molecule has 2 unspecified atom stereocenters. The fourth-order valence-corrected chi connectivity index (χ4v) is 3.25. The van der Waals surface area contributed by atoms with E-state index in [0.29, 0.717) is 18.3 Å². The molecule has 0 amide bonds. The lowest BCUT2D eigenvalue weighted by Crippen LogP contribution is -2.45. The zero-order valence-corrected chi connectivity index (χ0v) is 15.1. The van der Waals surface area contributed by atoms with E-state index in [4.69, 9.17) is 10.5 Å². The Kier molecular flexibility index (Phi) is 5.45. The van der Waals surface area contributed by atoms with Crippen LogP contribution in [0, 0.1) is 0 Å². The van der Waals surface area contributed by atoms with Gasteiger partial charge in [-0.25, -0.2) is 0 Å². The highest BCUT2D eigenvalue weighted by molar-refractivity contribution is 5.58. The summed E-state index contributed by atoms with van der Waals surface area (Å²) >= 11 is 0. The summed E-state index contributed by atoms with van der Waals surface area (Å²) in [4.78, 5) is 15.4. The van der Waals surface area contributed by atoms with E-state index in [1.165, 1.54) is 5.56 Å². The number of anilines is 3. The van der Waals surface area contributed by atoms with E-state index < -0.39 is 0 Å². The van der Waals surface area contributed by atoms with Gasteiger partial charge in [-0.15, -0.1) is 0 Å². The van der Waals surface area contributed by atoms with Crippen LogP contribution in [0.2, 0.25) is 0 Å². The largest absolute Gasteiger partial charge is 0.373 e. The quantitative estimate of drug-likeness (QED) is 0.862. The van der Waals surface area contributed by atoms with Crippen LogP contribution in [-0.2, 0) is 17.7 Å². The molecule has 0 saturated carbocycles. The highest BCUT2D eigenvalue weighted by Crippen LogP contribution is 2.20. The number of nitrogen functional groups attached to an aromatic ring is 1. The molecule has 3 N–H and O–H groups in total. The molecule has 1 aliphatic heterocycles. The monoisotopic (exact) mass is 342 g/mol. The maximum Gasteiger partial charge on any atom is 0.232 e. The van der Waals surface area contributed by atoms with Crippen molar-refractivity contribution in [3.8, 4) is 0 Å². The summed E-state index contributed by atoms with van der Waals surface area (Å²) in [5.41, 5.74) is 8.10. The van der Waals surface area contributed by atoms with Gasteiger partial charge in [0.1, 0.15) is 5.82 Å². The van der Waals surface area contributed by atoms with Crippen LogP contribution in [0.5, 0.6) is 0 Å². The van der Waals surface area contributed by atoms with Crippen molar-refractivity contribution < 1.29 is 4.74 Å². The number of nitrogens with one attached hydrogen (secondary N) is 1. The van der Waals surface area contributed by atoms with Crippen LogP contribution in [0.15, 0.2) is 24.3 Å². The Hall–Kier alpha value is -2.25. The van der Waals surface area contributed by atoms with Gasteiger partial charge in [-0.05, 0) is 31.9 Å². The van der Waals surface area contributed by atoms with E-state index in [1.807, 2.05) is 18.2 Å². The average molecular weight is 342 g/mol. The number of ether oxygens (including phenoxy) is 1. The van der Waals surface area contributed by atoms with Crippen LogP contribution in [-0.4, -0.2) is 45.1 Å². The average Bonchev–Trinajstić information content (AvgIpc) is 2.53. The summed E-state index contributed by atoms with van der Waals surface area (Å²) in [5.74, 6) is 1.39. The molecule has 2 heterocycles. The van der Waals surface area contributed by atoms with Gasteiger partial charge in [-0.1, -0.05) is 25.1 Å². The minimum atomic E-state index is 0.206. The number of nitrogens with zero attached hydrogens (tertiary/aromatic N) is 4. The third-order valence-electron chi connectivity index (χ3n) is 4.20. The van der Waals surface area contributed by atoms with Crippen molar-refractivity contribution >= 4 is 17.6 Å². The molecule has 3 rings (SSSR count). The number of hydrogen-bond acceptors (Lipinski definition) is 7. The minimum absolute atomic E-state index is 0.206. The Morgan fingerprint density at radius 2 is 1.88 bits per heavy atom. The van der Waals surface area contributed by atoms with Gasteiger partial charge >= 0.3 is 0 Å². The van der Waals surface area contributed by atoms with E-state index in [0.717, 1.165) is 25.2 Å². The third kappa shape index (κ3) is 4.64. The maximum atomic E-state index is 5.90. The number of rotatable bonds is 5. The van der Waals surface area contributed by atoms with Gasteiger partial charge in [0.15, 0.2) is 0 Å². The molecule has 0 spiro atoms. The normalized spacial score (nSPS) is 21.2. The number of aryl methyl sites for hydroxylation is 1. The van der Waals surface area contributed by atoms with Crippen LogP contribution in [0.3, 0.4) is 0 Å². The Morgan fingerprint density at radius 1 is 1.16 bits per heavy atom. The van der Waals surface area contributed by atoms with E-state index in [1.54, 1.807) is 0 Å². The minimum Gasteiger partial charge on any atom is -0.373 e. The molecular weight excluding hydrogens is 316 g/mol. The van der Waals surface area contributed by atoms with Crippen LogP contribution in [0.1, 0.15) is 32.2 Å². The van der Waals surface area contributed by atoms with Crippen LogP contribution >= 0.6 is 0 Å². The Balaban J connectivity index is 1.76. The Labute approximate surface area is 148 Å². The summed E-state index contributed by atoms with van der Waals surface area (Å²) in [6.45, 7) is 8.64. The second kappa shape index (κ2) is 7.76. The molecule has 1 aromatic carbocycles. The molecule has 0 bridgehead atoms. The zero-order chi connectivity index (χ0) is 17.8. The van der Waals surface area contributed by atoms with Crippen LogP contribution in [0.4, 0.5) is 17.6 Å². The van der Waals surface area contributed by atoms with E-state index in [2.05, 4.69) is 52.0 Å². The zero-order valence-electron chi connectivity index (χ0n) is 15.1. The molecule has 1 aromatic heterocycles. The van der Waals surface area contributed by atoms with Crippen molar-refractivity contribution in [1.29, 1.82) is 0 Å². The van der Waals surface area contributed by atoms with Gasteiger partial charge < -0.3 is 15.8 Å². The van der Waals surface area contributed by atoms with Gasteiger partial charge in [0.2, 0.25) is 11.9 Å². The predicted molar refractivity (Wildman–Crippen MR) is 98.6 cm³/mol. The molecule has 7 heteroatoms. The first kappa shape index (κ1) is 17.6. The van der Waals surface area contributed by atoms with Crippen LogP contribution < -0.4 is 11.1 Å². The van der Waals surface area contributed by atoms with Gasteiger partial charge in [-0.3, -0.25) is 4.90 Å². The van der Waals surface area contributed by atoms with Crippen molar-refractivity contribution in [2.45, 2.75) is 45.9 Å². The molecule has 134 valence electrons. The van der Waals surface area contributed by atoms with E-state index in [9.17, 15) is 0 Å².